The van der Waals surface area contributed by atoms with Gasteiger partial charge in [0.2, 0.25) is 0 Å². The van der Waals surface area contributed by atoms with Gasteiger partial charge in [-0.3, -0.25) is 4.79 Å². The van der Waals surface area contributed by atoms with E-state index in [2.05, 4.69) is 4.98 Å². The third-order valence-electron chi connectivity index (χ3n) is 3.99. The van der Waals surface area contributed by atoms with Crippen molar-refractivity contribution in [1.82, 2.24) is 9.88 Å². The fourth-order valence-corrected chi connectivity index (χ4v) is 2.75. The molecule has 1 amide bonds. The Kier molecular flexibility index (Phi) is 3.78. The summed E-state index contributed by atoms with van der Waals surface area (Å²) in [4.78, 5) is 17.7. The van der Waals surface area contributed by atoms with E-state index in [9.17, 15) is 9.90 Å². The maximum atomic E-state index is 13.0. The monoisotopic (exact) mass is 336 g/mol. The first-order valence-corrected chi connectivity index (χ1v) is 7.85. The second kappa shape index (κ2) is 6.24. The zero-order valence-corrected chi connectivity index (χ0v) is 13.3. The van der Waals surface area contributed by atoms with Gasteiger partial charge in [-0.05, 0) is 29.8 Å². The predicted octanol–water partition coefficient (Wildman–Crippen LogP) is 3.90. The number of H-pyrrole nitrogens is 1. The third-order valence-corrected chi connectivity index (χ3v) is 3.99. The van der Waals surface area contributed by atoms with Gasteiger partial charge in [0.15, 0.2) is 5.58 Å². The molecular formula is C19H16N2O4. The van der Waals surface area contributed by atoms with Gasteiger partial charge in [-0.1, -0.05) is 12.1 Å². The fraction of sp³-hybridized carbons (Fsp3) is 0.105. The highest BCUT2D eigenvalue weighted by atomic mass is 16.3. The Morgan fingerprint density at radius 3 is 2.60 bits per heavy atom. The Balaban J connectivity index is 1.62. The lowest BCUT2D eigenvalue weighted by atomic mass is 10.2. The number of benzene rings is 1. The van der Waals surface area contributed by atoms with Crippen LogP contribution in [0, 0.1) is 0 Å². The molecule has 25 heavy (non-hydrogen) atoms. The van der Waals surface area contributed by atoms with Crippen molar-refractivity contribution < 1.29 is 18.7 Å². The molecule has 0 radical (unpaired) electrons. The van der Waals surface area contributed by atoms with Gasteiger partial charge < -0.3 is 23.8 Å². The maximum absolute atomic E-state index is 13.0. The number of carbonyl (C=O) groups is 1. The molecule has 0 fully saturated rings. The van der Waals surface area contributed by atoms with E-state index in [-0.39, 0.29) is 11.7 Å². The molecule has 3 aromatic heterocycles. The minimum Gasteiger partial charge on any atom is -0.508 e. The van der Waals surface area contributed by atoms with Crippen LogP contribution in [0.5, 0.6) is 5.75 Å². The van der Waals surface area contributed by atoms with E-state index in [1.807, 2.05) is 6.07 Å². The highest BCUT2D eigenvalue weighted by Gasteiger charge is 2.20. The van der Waals surface area contributed by atoms with E-state index in [0.717, 1.165) is 11.1 Å². The van der Waals surface area contributed by atoms with Crippen molar-refractivity contribution in [2.45, 2.75) is 13.1 Å². The first kappa shape index (κ1) is 15.1. The van der Waals surface area contributed by atoms with Crippen LogP contribution in [0.25, 0.3) is 11.1 Å². The van der Waals surface area contributed by atoms with E-state index in [0.29, 0.717) is 30.1 Å². The van der Waals surface area contributed by atoms with Crippen molar-refractivity contribution in [1.29, 1.82) is 0 Å². The summed E-state index contributed by atoms with van der Waals surface area (Å²) in [5.41, 5.74) is 2.80. The van der Waals surface area contributed by atoms with Crippen molar-refractivity contribution in [2.75, 3.05) is 0 Å². The predicted molar refractivity (Wildman–Crippen MR) is 91.0 cm³/mol. The zero-order valence-electron chi connectivity index (χ0n) is 13.3. The lowest BCUT2D eigenvalue weighted by Crippen LogP contribution is -2.30. The average molecular weight is 336 g/mol. The molecule has 0 aliphatic rings. The van der Waals surface area contributed by atoms with Gasteiger partial charge in [0.05, 0.1) is 24.6 Å². The first-order valence-electron chi connectivity index (χ1n) is 7.85. The number of nitrogens with one attached hydrogen (secondary N) is 1. The number of phenols is 1. The maximum Gasteiger partial charge on any atom is 0.271 e. The minimum absolute atomic E-state index is 0.157. The van der Waals surface area contributed by atoms with Crippen LogP contribution in [0.4, 0.5) is 0 Å². The number of fused-ring (bicyclic) bond motifs is 1. The molecule has 4 rings (SSSR count). The van der Waals surface area contributed by atoms with Gasteiger partial charge in [0, 0.05) is 18.7 Å². The molecule has 3 heterocycles. The Morgan fingerprint density at radius 1 is 1.04 bits per heavy atom. The van der Waals surface area contributed by atoms with Crippen LogP contribution < -0.4 is 0 Å². The van der Waals surface area contributed by atoms with Crippen molar-refractivity contribution in [3.05, 3.63) is 78.1 Å². The van der Waals surface area contributed by atoms with Crippen molar-refractivity contribution in [3.8, 4) is 5.75 Å². The number of hydrogen-bond acceptors (Lipinski definition) is 4. The number of amides is 1. The summed E-state index contributed by atoms with van der Waals surface area (Å²) in [6.45, 7) is 0.729. The largest absolute Gasteiger partial charge is 0.508 e. The van der Waals surface area contributed by atoms with Gasteiger partial charge in [-0.25, -0.2) is 0 Å². The molecule has 6 heteroatoms. The molecule has 0 unspecified atom stereocenters. The topological polar surface area (TPSA) is 82.6 Å². The van der Waals surface area contributed by atoms with E-state index in [1.54, 1.807) is 59.9 Å². The zero-order chi connectivity index (χ0) is 17.2. The Morgan fingerprint density at radius 2 is 1.88 bits per heavy atom. The quantitative estimate of drug-likeness (QED) is 0.579. The SMILES string of the molecule is O=C(c1cc2occc2[nH]1)N(Cc1ccc(O)cc1)Cc1ccco1. The van der Waals surface area contributed by atoms with Gasteiger partial charge in [-0.15, -0.1) is 0 Å². The molecule has 0 aliphatic heterocycles. The van der Waals surface area contributed by atoms with Crippen LogP contribution in [-0.4, -0.2) is 20.9 Å². The second-order valence-corrected chi connectivity index (χ2v) is 5.79. The summed E-state index contributed by atoms with van der Waals surface area (Å²) >= 11 is 0. The first-order chi connectivity index (χ1) is 12.2. The van der Waals surface area contributed by atoms with E-state index in [1.165, 1.54) is 0 Å². The van der Waals surface area contributed by atoms with Gasteiger partial charge in [0.25, 0.3) is 5.91 Å². The second-order valence-electron chi connectivity index (χ2n) is 5.79. The van der Waals surface area contributed by atoms with Crippen molar-refractivity contribution >= 4 is 17.0 Å². The highest BCUT2D eigenvalue weighted by molar-refractivity contribution is 5.96. The smallest absolute Gasteiger partial charge is 0.271 e. The molecule has 126 valence electrons. The number of furan rings is 2. The summed E-state index contributed by atoms with van der Waals surface area (Å²) in [5, 5.41) is 9.43. The number of aromatic amines is 1. The molecule has 0 spiro atoms. The molecule has 0 saturated heterocycles. The molecule has 2 N–H and O–H groups in total. The molecule has 6 nitrogen and oxygen atoms in total. The summed E-state index contributed by atoms with van der Waals surface area (Å²) in [5.74, 6) is 0.732. The van der Waals surface area contributed by atoms with Crippen molar-refractivity contribution in [3.63, 3.8) is 0 Å². The molecule has 0 saturated carbocycles. The van der Waals surface area contributed by atoms with Crippen LogP contribution in [-0.2, 0) is 13.1 Å². The number of aromatic hydroxyl groups is 1. The number of hydrogen-bond donors (Lipinski definition) is 2. The molecule has 4 aromatic rings. The number of nitrogens with zero attached hydrogens (tertiary/aromatic N) is 1. The summed E-state index contributed by atoms with van der Waals surface area (Å²) in [6.07, 6.45) is 3.16. The third kappa shape index (κ3) is 3.14. The van der Waals surface area contributed by atoms with Crippen LogP contribution in [0.1, 0.15) is 21.8 Å². The normalized spacial score (nSPS) is 11.0. The molecule has 0 bridgehead atoms. The number of carbonyl (C=O) groups excluding carboxylic acids is 1. The fourth-order valence-electron chi connectivity index (χ4n) is 2.75. The van der Waals surface area contributed by atoms with E-state index >= 15 is 0 Å². The van der Waals surface area contributed by atoms with Gasteiger partial charge in [-0.2, -0.15) is 0 Å². The molecule has 0 atom stereocenters. The van der Waals surface area contributed by atoms with Gasteiger partial charge in [0.1, 0.15) is 17.2 Å². The lowest BCUT2D eigenvalue weighted by molar-refractivity contribution is 0.0712. The summed E-state index contributed by atoms with van der Waals surface area (Å²) < 4.78 is 10.7. The van der Waals surface area contributed by atoms with Gasteiger partial charge >= 0.3 is 0 Å². The van der Waals surface area contributed by atoms with E-state index in [4.69, 9.17) is 8.83 Å². The lowest BCUT2D eigenvalue weighted by Gasteiger charge is -2.21. The number of phenolic OH excluding ortho intramolecular Hbond substituents is 1. The Hall–Kier alpha value is -3.41. The molecule has 0 aliphatic carbocycles. The van der Waals surface area contributed by atoms with Crippen LogP contribution in [0.15, 0.2) is 69.9 Å². The Labute approximate surface area is 143 Å². The summed E-state index contributed by atoms with van der Waals surface area (Å²) in [7, 11) is 0. The Bertz CT molecular complexity index is 952. The molecule has 1 aromatic carbocycles. The van der Waals surface area contributed by atoms with Crippen LogP contribution in [0.3, 0.4) is 0 Å². The highest BCUT2D eigenvalue weighted by Crippen LogP contribution is 2.20. The van der Waals surface area contributed by atoms with Crippen LogP contribution >= 0.6 is 0 Å². The van der Waals surface area contributed by atoms with Crippen molar-refractivity contribution in [2.24, 2.45) is 0 Å². The van der Waals surface area contributed by atoms with Crippen LogP contribution in [0.2, 0.25) is 0 Å². The van der Waals surface area contributed by atoms with E-state index < -0.39 is 0 Å². The number of rotatable bonds is 5. The summed E-state index contributed by atoms with van der Waals surface area (Å²) in [6, 6.07) is 13.9. The number of aromatic nitrogens is 1. The molecular weight excluding hydrogens is 320 g/mol. The average Bonchev–Trinajstić information content (AvgIpc) is 3.32. The minimum atomic E-state index is -0.157. The standard InChI is InChI=1S/C19H16N2O4/c22-14-5-3-13(4-6-14)11-21(12-15-2-1-8-24-15)19(23)17-10-18-16(20-17)7-9-25-18/h1-10,20,22H,11-12H2.